The van der Waals surface area contributed by atoms with Crippen LogP contribution in [-0.4, -0.2) is 0 Å². The van der Waals surface area contributed by atoms with Crippen LogP contribution in [0.4, 0.5) is 5.69 Å². The fourth-order valence-corrected chi connectivity index (χ4v) is 1.95. The maximum atomic E-state index is 9.03. The standard InChI is InChI=1S/C19H8N6O/c20-8-13-1-4-18(7-14(13)9-21)26-17-5-2-16(3-6-17)25-19(12-24)15(10-22)11-23/h1-7,25H. The van der Waals surface area contributed by atoms with Crippen molar-refractivity contribution in [3.63, 3.8) is 0 Å². The lowest BCUT2D eigenvalue weighted by Crippen LogP contribution is -2.00. The number of hydrogen-bond donors (Lipinski definition) is 1. The first-order chi connectivity index (χ1) is 12.6. The quantitative estimate of drug-likeness (QED) is 0.843. The van der Waals surface area contributed by atoms with Gasteiger partial charge in [0.25, 0.3) is 0 Å². The second-order valence-electron chi connectivity index (χ2n) is 4.77. The molecule has 0 saturated carbocycles. The van der Waals surface area contributed by atoms with Crippen molar-refractivity contribution in [2.24, 2.45) is 0 Å². The summed E-state index contributed by atoms with van der Waals surface area (Å²) in [6, 6.07) is 19.9. The summed E-state index contributed by atoms with van der Waals surface area (Å²) in [7, 11) is 0. The van der Waals surface area contributed by atoms with Crippen molar-refractivity contribution in [1.82, 2.24) is 0 Å². The fraction of sp³-hybridized carbons (Fsp3) is 0. The highest BCUT2D eigenvalue weighted by Crippen LogP contribution is 2.25. The third kappa shape index (κ3) is 3.95. The van der Waals surface area contributed by atoms with E-state index in [1.54, 1.807) is 48.5 Å². The topological polar surface area (TPSA) is 140 Å². The van der Waals surface area contributed by atoms with E-state index in [9.17, 15) is 0 Å². The van der Waals surface area contributed by atoms with Crippen LogP contribution in [0.3, 0.4) is 0 Å². The Morgan fingerprint density at radius 1 is 0.731 bits per heavy atom. The van der Waals surface area contributed by atoms with E-state index in [2.05, 4.69) is 5.32 Å². The molecule has 0 saturated heterocycles. The SMILES string of the molecule is N#CC(C#N)=C(C#N)Nc1ccc(Oc2ccc(C#N)c(C#N)c2)cc1. The lowest BCUT2D eigenvalue weighted by Gasteiger charge is -2.08. The first kappa shape index (κ1) is 17.6. The summed E-state index contributed by atoms with van der Waals surface area (Å²) in [6.45, 7) is 0. The van der Waals surface area contributed by atoms with Gasteiger partial charge in [0.05, 0.1) is 11.1 Å². The summed E-state index contributed by atoms with van der Waals surface area (Å²) in [5.41, 5.74) is 0.520. The zero-order chi connectivity index (χ0) is 18.9. The molecule has 1 N–H and O–H groups in total. The van der Waals surface area contributed by atoms with Crippen molar-refractivity contribution in [2.45, 2.75) is 0 Å². The lowest BCUT2D eigenvalue weighted by atomic mass is 10.1. The van der Waals surface area contributed by atoms with E-state index in [-0.39, 0.29) is 22.4 Å². The van der Waals surface area contributed by atoms with Gasteiger partial charge in [-0.1, -0.05) is 0 Å². The predicted octanol–water partition coefficient (Wildman–Crippen LogP) is 3.46. The summed E-state index contributed by atoms with van der Waals surface area (Å²) in [4.78, 5) is 0. The maximum Gasteiger partial charge on any atom is 0.163 e. The summed E-state index contributed by atoms with van der Waals surface area (Å²) in [6.07, 6.45) is 0. The van der Waals surface area contributed by atoms with Crippen molar-refractivity contribution in [1.29, 1.82) is 26.3 Å². The number of nitrogens with zero attached hydrogens (tertiary/aromatic N) is 5. The van der Waals surface area contributed by atoms with Crippen molar-refractivity contribution < 1.29 is 4.74 Å². The Labute approximate surface area is 149 Å². The Hall–Kier alpha value is -4.77. The Kier molecular flexibility index (Phi) is 5.54. The number of anilines is 1. The van der Waals surface area contributed by atoms with Gasteiger partial charge < -0.3 is 10.1 Å². The fourth-order valence-electron chi connectivity index (χ4n) is 1.95. The summed E-state index contributed by atoms with van der Waals surface area (Å²) in [5.74, 6) is 0.863. The number of rotatable bonds is 4. The molecule has 120 valence electrons. The predicted molar refractivity (Wildman–Crippen MR) is 89.9 cm³/mol. The molecule has 0 aromatic heterocycles. The third-order valence-corrected chi connectivity index (χ3v) is 3.18. The number of nitriles is 5. The van der Waals surface area contributed by atoms with E-state index >= 15 is 0 Å². The molecular weight excluding hydrogens is 328 g/mol. The molecule has 0 radical (unpaired) electrons. The minimum absolute atomic E-state index is 0.144. The van der Waals surface area contributed by atoms with Crippen LogP contribution in [0.1, 0.15) is 11.1 Å². The molecule has 26 heavy (non-hydrogen) atoms. The third-order valence-electron chi connectivity index (χ3n) is 3.18. The molecule has 0 amide bonds. The zero-order valence-electron chi connectivity index (χ0n) is 13.2. The molecule has 0 aliphatic carbocycles. The molecule has 0 atom stereocenters. The van der Waals surface area contributed by atoms with Gasteiger partial charge in [-0.2, -0.15) is 26.3 Å². The molecule has 2 aromatic carbocycles. The second kappa shape index (κ2) is 8.19. The van der Waals surface area contributed by atoms with Crippen LogP contribution in [0.2, 0.25) is 0 Å². The number of ether oxygens (including phenoxy) is 1. The first-order valence-electron chi connectivity index (χ1n) is 7.09. The first-order valence-corrected chi connectivity index (χ1v) is 7.09. The normalized spacial score (nSPS) is 8.58. The minimum atomic E-state index is -0.311. The van der Waals surface area contributed by atoms with Crippen molar-refractivity contribution in [2.75, 3.05) is 5.32 Å². The van der Waals surface area contributed by atoms with Crippen LogP contribution in [0.5, 0.6) is 11.5 Å². The molecule has 7 heteroatoms. The highest BCUT2D eigenvalue weighted by Gasteiger charge is 2.07. The van der Waals surface area contributed by atoms with E-state index < -0.39 is 0 Å². The average molecular weight is 336 g/mol. The molecule has 2 aromatic rings. The molecule has 7 nitrogen and oxygen atoms in total. The molecule has 0 aliphatic rings. The molecular formula is C19H8N6O. The summed E-state index contributed by atoms with van der Waals surface area (Å²) in [5, 5.41) is 47.3. The summed E-state index contributed by atoms with van der Waals surface area (Å²) < 4.78 is 5.63. The van der Waals surface area contributed by atoms with Gasteiger partial charge in [-0.05, 0) is 42.5 Å². The smallest absolute Gasteiger partial charge is 0.163 e. The lowest BCUT2D eigenvalue weighted by molar-refractivity contribution is 0.482. The zero-order valence-corrected chi connectivity index (χ0v) is 13.2. The van der Waals surface area contributed by atoms with Crippen molar-refractivity contribution in [3.8, 4) is 41.8 Å². The van der Waals surface area contributed by atoms with E-state index in [0.717, 1.165) is 0 Å². The molecule has 2 rings (SSSR count). The number of allylic oxidation sites excluding steroid dienone is 2. The van der Waals surface area contributed by atoms with Gasteiger partial charge >= 0.3 is 0 Å². The number of hydrogen-bond acceptors (Lipinski definition) is 7. The Morgan fingerprint density at radius 2 is 1.35 bits per heavy atom. The number of nitrogens with one attached hydrogen (secondary N) is 1. The van der Waals surface area contributed by atoms with E-state index in [1.165, 1.54) is 12.1 Å². The van der Waals surface area contributed by atoms with Crippen LogP contribution < -0.4 is 10.1 Å². The van der Waals surface area contributed by atoms with Crippen LogP contribution >= 0.6 is 0 Å². The van der Waals surface area contributed by atoms with Gasteiger partial charge in [0.15, 0.2) is 5.57 Å². The Morgan fingerprint density at radius 3 is 1.88 bits per heavy atom. The van der Waals surface area contributed by atoms with Crippen molar-refractivity contribution >= 4 is 5.69 Å². The van der Waals surface area contributed by atoms with Gasteiger partial charge in [0, 0.05) is 5.69 Å². The largest absolute Gasteiger partial charge is 0.457 e. The van der Waals surface area contributed by atoms with Gasteiger partial charge in [-0.25, -0.2) is 0 Å². The summed E-state index contributed by atoms with van der Waals surface area (Å²) >= 11 is 0. The molecule has 0 spiro atoms. The molecule has 0 unspecified atom stereocenters. The molecule has 0 fully saturated rings. The highest BCUT2D eigenvalue weighted by molar-refractivity contribution is 5.59. The molecule has 0 heterocycles. The average Bonchev–Trinajstić information content (AvgIpc) is 2.69. The van der Waals surface area contributed by atoms with E-state index in [0.29, 0.717) is 17.2 Å². The monoisotopic (exact) mass is 336 g/mol. The van der Waals surface area contributed by atoms with Crippen LogP contribution in [-0.2, 0) is 0 Å². The number of benzene rings is 2. The minimum Gasteiger partial charge on any atom is -0.457 e. The van der Waals surface area contributed by atoms with Gasteiger partial charge in [-0.15, -0.1) is 0 Å². The second-order valence-corrected chi connectivity index (χ2v) is 4.77. The van der Waals surface area contributed by atoms with Gasteiger partial charge in [0.2, 0.25) is 0 Å². The van der Waals surface area contributed by atoms with Crippen LogP contribution in [0.15, 0.2) is 53.7 Å². The van der Waals surface area contributed by atoms with E-state index in [1.807, 2.05) is 12.1 Å². The highest BCUT2D eigenvalue weighted by atomic mass is 16.5. The van der Waals surface area contributed by atoms with E-state index in [4.69, 9.17) is 31.0 Å². The molecule has 0 aliphatic heterocycles. The van der Waals surface area contributed by atoms with Crippen LogP contribution in [0.25, 0.3) is 0 Å². The molecule has 0 bridgehead atoms. The maximum absolute atomic E-state index is 9.03. The van der Waals surface area contributed by atoms with Gasteiger partial charge in [0.1, 0.15) is 47.5 Å². The Bertz CT molecular complexity index is 1060. The van der Waals surface area contributed by atoms with Gasteiger partial charge in [-0.3, -0.25) is 0 Å². The van der Waals surface area contributed by atoms with Crippen LogP contribution in [0, 0.1) is 56.7 Å². The Balaban J connectivity index is 2.19. The van der Waals surface area contributed by atoms with Crippen molar-refractivity contribution in [3.05, 3.63) is 64.9 Å².